The van der Waals surface area contributed by atoms with Gasteiger partial charge in [0.05, 0.1) is 17.5 Å². The molecule has 1 unspecified atom stereocenters. The van der Waals surface area contributed by atoms with Gasteiger partial charge in [-0.25, -0.2) is 0 Å². The molecule has 4 aromatic heterocycles. The molecule has 6 rings (SSSR count). The van der Waals surface area contributed by atoms with Crippen LogP contribution in [-0.4, -0.2) is 56.3 Å². The Labute approximate surface area is 201 Å². The third kappa shape index (κ3) is 3.88. The molecule has 4 aromatic rings. The van der Waals surface area contributed by atoms with E-state index < -0.39 is 0 Å². The Morgan fingerprint density at radius 2 is 2.09 bits per heavy atom. The normalized spacial score (nSPS) is 18.8. The predicted molar refractivity (Wildman–Crippen MR) is 125 cm³/mol. The number of furan rings is 1. The second-order valence-electron chi connectivity index (χ2n) is 9.67. The smallest absolute Gasteiger partial charge is 0.287 e. The van der Waals surface area contributed by atoms with Gasteiger partial charge in [-0.1, -0.05) is 5.16 Å². The SMILES string of the molecule is Cc1nn(C)cc1-c1cc(C(=O)N2CCC3(CC2)CC3CNC(=O)c2cc3ccncc3o2)no1. The summed E-state index contributed by atoms with van der Waals surface area (Å²) in [5, 5.41) is 12.2. The number of amides is 2. The van der Waals surface area contributed by atoms with Gasteiger partial charge in [-0.05, 0) is 49.7 Å². The lowest BCUT2D eigenvalue weighted by molar-refractivity contribution is 0.0658. The van der Waals surface area contributed by atoms with Crippen molar-refractivity contribution in [1.82, 2.24) is 30.1 Å². The van der Waals surface area contributed by atoms with Gasteiger partial charge in [0.1, 0.15) is 0 Å². The first kappa shape index (κ1) is 21.6. The molecule has 0 aromatic carbocycles. The fourth-order valence-corrected chi connectivity index (χ4v) is 5.29. The minimum Gasteiger partial charge on any atom is -0.449 e. The first-order valence-corrected chi connectivity index (χ1v) is 11.8. The largest absolute Gasteiger partial charge is 0.449 e. The number of pyridine rings is 1. The molecule has 180 valence electrons. The molecule has 10 heteroatoms. The maximum atomic E-state index is 13.0. The van der Waals surface area contributed by atoms with Crippen molar-refractivity contribution in [2.24, 2.45) is 18.4 Å². The number of hydrogen-bond acceptors (Lipinski definition) is 7. The van der Waals surface area contributed by atoms with Crippen LogP contribution in [-0.2, 0) is 7.05 Å². The van der Waals surface area contributed by atoms with Gasteiger partial charge in [-0.15, -0.1) is 0 Å². The lowest BCUT2D eigenvalue weighted by Gasteiger charge is -2.32. The van der Waals surface area contributed by atoms with Crippen molar-refractivity contribution >= 4 is 22.8 Å². The van der Waals surface area contributed by atoms with Gasteiger partial charge in [-0.3, -0.25) is 19.3 Å². The molecule has 35 heavy (non-hydrogen) atoms. The first-order chi connectivity index (χ1) is 16.9. The minimum atomic E-state index is -0.207. The molecule has 1 saturated carbocycles. The van der Waals surface area contributed by atoms with Crippen molar-refractivity contribution in [1.29, 1.82) is 0 Å². The molecule has 1 N–H and O–H groups in total. The third-order valence-electron chi connectivity index (χ3n) is 7.47. The van der Waals surface area contributed by atoms with Crippen molar-refractivity contribution in [2.75, 3.05) is 19.6 Å². The molecule has 1 aliphatic carbocycles. The van der Waals surface area contributed by atoms with E-state index in [1.54, 1.807) is 29.2 Å². The number of aromatic nitrogens is 4. The van der Waals surface area contributed by atoms with Crippen molar-refractivity contribution in [3.63, 3.8) is 0 Å². The molecule has 1 spiro atoms. The fraction of sp³-hybridized carbons (Fsp3) is 0.400. The van der Waals surface area contributed by atoms with Crippen LogP contribution in [0.15, 0.2) is 45.7 Å². The van der Waals surface area contributed by atoms with Crippen molar-refractivity contribution in [3.05, 3.63) is 53.9 Å². The summed E-state index contributed by atoms with van der Waals surface area (Å²) >= 11 is 0. The summed E-state index contributed by atoms with van der Waals surface area (Å²) in [7, 11) is 1.84. The van der Waals surface area contributed by atoms with E-state index in [9.17, 15) is 9.59 Å². The molecule has 5 heterocycles. The molecule has 10 nitrogen and oxygen atoms in total. The topological polar surface area (TPSA) is 119 Å². The summed E-state index contributed by atoms with van der Waals surface area (Å²) in [6, 6.07) is 5.25. The van der Waals surface area contributed by atoms with E-state index in [-0.39, 0.29) is 17.2 Å². The number of piperidine rings is 1. The number of fused-ring (bicyclic) bond motifs is 1. The fourth-order valence-electron chi connectivity index (χ4n) is 5.29. The van der Waals surface area contributed by atoms with Crippen LogP contribution in [0.4, 0.5) is 0 Å². The zero-order chi connectivity index (χ0) is 24.2. The van der Waals surface area contributed by atoms with Gasteiger partial charge in [-0.2, -0.15) is 5.10 Å². The zero-order valence-corrected chi connectivity index (χ0v) is 19.7. The number of carbonyl (C=O) groups is 2. The Hall–Kier alpha value is -3.95. The van der Waals surface area contributed by atoms with Gasteiger partial charge < -0.3 is 19.2 Å². The van der Waals surface area contributed by atoms with E-state index in [4.69, 9.17) is 8.94 Å². The molecular weight excluding hydrogens is 448 g/mol. The van der Waals surface area contributed by atoms with Crippen molar-refractivity contribution in [3.8, 4) is 11.3 Å². The summed E-state index contributed by atoms with van der Waals surface area (Å²) in [4.78, 5) is 31.4. The second kappa shape index (κ2) is 8.07. The summed E-state index contributed by atoms with van der Waals surface area (Å²) in [5.41, 5.74) is 2.78. The number of carbonyl (C=O) groups excluding carboxylic acids is 2. The van der Waals surface area contributed by atoms with Gasteiger partial charge >= 0.3 is 0 Å². The number of likely N-dealkylation sites (tertiary alicyclic amines) is 1. The van der Waals surface area contributed by atoms with E-state index >= 15 is 0 Å². The molecule has 2 amide bonds. The molecular formula is C25H26N6O4. The highest BCUT2D eigenvalue weighted by atomic mass is 16.5. The number of hydrogen-bond donors (Lipinski definition) is 1. The lowest BCUT2D eigenvalue weighted by Crippen LogP contribution is -2.40. The standard InChI is InChI=1S/C25H26N6O4/c1-15-18(14-30(2)28-15)20-10-19(29-35-20)24(33)31-7-4-25(5-8-31)11-17(25)12-27-23(32)21-9-16-3-6-26-13-22(16)34-21/h3,6,9-10,13-14,17H,4-5,7-8,11-12H2,1-2H3,(H,27,32). The molecule has 0 bridgehead atoms. The minimum absolute atomic E-state index is 0.110. The average Bonchev–Trinajstić information content (AvgIpc) is 3.27. The zero-order valence-electron chi connectivity index (χ0n) is 19.7. The highest BCUT2D eigenvalue weighted by Gasteiger charge is 2.55. The molecule has 1 atom stereocenters. The Bertz CT molecular complexity index is 1390. The number of nitrogens with zero attached hydrogens (tertiary/aromatic N) is 5. The maximum Gasteiger partial charge on any atom is 0.287 e. The highest BCUT2D eigenvalue weighted by Crippen LogP contribution is 2.59. The van der Waals surface area contributed by atoms with Gasteiger partial charge in [0.2, 0.25) is 0 Å². The number of rotatable bonds is 5. The molecule has 0 radical (unpaired) electrons. The summed E-state index contributed by atoms with van der Waals surface area (Å²) in [6.07, 6.45) is 8.04. The Morgan fingerprint density at radius 3 is 2.83 bits per heavy atom. The number of nitrogens with one attached hydrogen (secondary N) is 1. The molecule has 2 aliphatic rings. The first-order valence-electron chi connectivity index (χ1n) is 11.8. The van der Waals surface area contributed by atoms with Crippen LogP contribution in [0.1, 0.15) is 46.0 Å². The van der Waals surface area contributed by atoms with Crippen LogP contribution in [0.5, 0.6) is 0 Å². The van der Waals surface area contributed by atoms with Crippen molar-refractivity contribution in [2.45, 2.75) is 26.2 Å². The summed E-state index contributed by atoms with van der Waals surface area (Å²) < 4.78 is 12.7. The van der Waals surface area contributed by atoms with E-state index in [1.165, 1.54) is 0 Å². The Balaban J connectivity index is 1.02. The van der Waals surface area contributed by atoms with Gasteiger partial charge in [0.25, 0.3) is 11.8 Å². The average molecular weight is 475 g/mol. The second-order valence-corrected chi connectivity index (χ2v) is 9.67. The van der Waals surface area contributed by atoms with Crippen LogP contribution in [0.2, 0.25) is 0 Å². The van der Waals surface area contributed by atoms with Crippen LogP contribution < -0.4 is 5.32 Å². The monoisotopic (exact) mass is 474 g/mol. The van der Waals surface area contributed by atoms with Crippen LogP contribution in [0.3, 0.4) is 0 Å². The Morgan fingerprint density at radius 1 is 1.26 bits per heavy atom. The van der Waals surface area contributed by atoms with Crippen LogP contribution >= 0.6 is 0 Å². The quantitative estimate of drug-likeness (QED) is 0.472. The molecule has 1 saturated heterocycles. The highest BCUT2D eigenvalue weighted by molar-refractivity contribution is 5.96. The summed E-state index contributed by atoms with van der Waals surface area (Å²) in [6.45, 7) is 3.85. The molecule has 1 aliphatic heterocycles. The van der Waals surface area contributed by atoms with Gasteiger partial charge in [0.15, 0.2) is 22.8 Å². The Kier molecular flexibility index (Phi) is 4.98. The van der Waals surface area contributed by atoms with Crippen LogP contribution in [0.25, 0.3) is 22.3 Å². The van der Waals surface area contributed by atoms with Crippen LogP contribution in [0, 0.1) is 18.3 Å². The van der Waals surface area contributed by atoms with Gasteiger partial charge in [0, 0.05) is 50.5 Å². The van der Waals surface area contributed by atoms with E-state index in [1.807, 2.05) is 31.1 Å². The third-order valence-corrected chi connectivity index (χ3v) is 7.47. The lowest BCUT2D eigenvalue weighted by atomic mass is 9.90. The van der Waals surface area contributed by atoms with Crippen molar-refractivity contribution < 1.29 is 18.5 Å². The maximum absolute atomic E-state index is 13.0. The molecule has 2 fully saturated rings. The van der Waals surface area contributed by atoms with E-state index in [0.717, 1.165) is 35.9 Å². The van der Waals surface area contributed by atoms with E-state index in [0.29, 0.717) is 48.3 Å². The van der Waals surface area contributed by atoms with E-state index in [2.05, 4.69) is 20.6 Å². The predicted octanol–water partition coefficient (Wildman–Crippen LogP) is 3.20. The number of aryl methyl sites for hydroxylation is 2. The summed E-state index contributed by atoms with van der Waals surface area (Å²) in [5.74, 6) is 0.951.